The highest BCUT2D eigenvalue weighted by Crippen LogP contribution is 2.28. The molecule has 1 fully saturated rings. The third kappa shape index (κ3) is 3.69. The zero-order chi connectivity index (χ0) is 16.1. The third-order valence-corrected chi connectivity index (χ3v) is 4.02. The van der Waals surface area contributed by atoms with E-state index in [-0.39, 0.29) is 17.7 Å². The van der Waals surface area contributed by atoms with Crippen LogP contribution in [0.5, 0.6) is 11.5 Å². The monoisotopic (exact) mass is 306 g/mol. The van der Waals surface area contributed by atoms with Gasteiger partial charge < -0.3 is 20.1 Å². The lowest BCUT2D eigenvalue weighted by molar-refractivity contribution is -0.130. The number of nitrogens with zero attached hydrogens (tertiary/aromatic N) is 1. The number of ether oxygens (including phenoxy) is 2. The molecule has 0 bridgehead atoms. The van der Waals surface area contributed by atoms with Crippen molar-refractivity contribution in [1.82, 2.24) is 4.90 Å². The van der Waals surface area contributed by atoms with Crippen molar-refractivity contribution < 1.29 is 19.1 Å². The Bertz CT molecular complexity index is 559. The fraction of sp³-hybridized carbons (Fsp3) is 0.500. The molecular weight excluding hydrogens is 284 g/mol. The molecule has 0 saturated carbocycles. The molecule has 0 spiro atoms. The molecule has 1 aliphatic rings. The molecule has 120 valence electrons. The molecule has 1 heterocycles. The summed E-state index contributed by atoms with van der Waals surface area (Å²) in [5.74, 6) is 0.850. The first-order valence-electron chi connectivity index (χ1n) is 7.33. The number of amides is 2. The Kier molecular flexibility index (Phi) is 5.25. The molecule has 2 N–H and O–H groups in total. The van der Waals surface area contributed by atoms with Crippen molar-refractivity contribution in [2.45, 2.75) is 19.3 Å². The van der Waals surface area contributed by atoms with Crippen LogP contribution in [0.2, 0.25) is 0 Å². The van der Waals surface area contributed by atoms with Crippen molar-refractivity contribution in [2.24, 2.45) is 11.7 Å². The molecule has 2 amide bonds. The molecule has 2 rings (SSSR count). The zero-order valence-electron chi connectivity index (χ0n) is 13.0. The van der Waals surface area contributed by atoms with Gasteiger partial charge in [0.05, 0.1) is 20.1 Å². The highest BCUT2D eigenvalue weighted by atomic mass is 16.5. The Labute approximate surface area is 130 Å². The van der Waals surface area contributed by atoms with Crippen LogP contribution in [0.4, 0.5) is 0 Å². The normalized spacial score (nSPS) is 17.4. The van der Waals surface area contributed by atoms with Gasteiger partial charge in [0.15, 0.2) is 11.5 Å². The molecule has 1 aromatic carbocycles. The molecule has 1 aromatic rings. The first kappa shape index (κ1) is 16.1. The van der Waals surface area contributed by atoms with Gasteiger partial charge in [-0.25, -0.2) is 0 Å². The molecule has 0 radical (unpaired) electrons. The predicted molar refractivity (Wildman–Crippen MR) is 81.7 cm³/mol. The summed E-state index contributed by atoms with van der Waals surface area (Å²) in [4.78, 5) is 25.0. The average molecular weight is 306 g/mol. The lowest BCUT2D eigenvalue weighted by Crippen LogP contribution is -2.31. The van der Waals surface area contributed by atoms with E-state index in [0.717, 1.165) is 5.56 Å². The van der Waals surface area contributed by atoms with Gasteiger partial charge in [-0.05, 0) is 30.5 Å². The van der Waals surface area contributed by atoms with Crippen LogP contribution in [0.15, 0.2) is 18.2 Å². The second-order valence-corrected chi connectivity index (χ2v) is 5.42. The number of aryl methyl sites for hydroxylation is 1. The predicted octanol–water partition coefficient (Wildman–Crippen LogP) is 0.970. The molecule has 1 saturated heterocycles. The Morgan fingerprint density at radius 2 is 2.00 bits per heavy atom. The van der Waals surface area contributed by atoms with Crippen molar-refractivity contribution in [3.05, 3.63) is 23.8 Å². The minimum absolute atomic E-state index is 0.0542. The summed E-state index contributed by atoms with van der Waals surface area (Å²) in [6, 6.07) is 5.63. The quantitative estimate of drug-likeness (QED) is 0.849. The number of nitrogens with two attached hydrogens (primary N) is 1. The Morgan fingerprint density at radius 1 is 1.27 bits per heavy atom. The van der Waals surface area contributed by atoms with Crippen LogP contribution < -0.4 is 15.2 Å². The summed E-state index contributed by atoms with van der Waals surface area (Å²) in [6.45, 7) is 1.05. The number of likely N-dealkylation sites (tertiary alicyclic amines) is 1. The molecule has 1 unspecified atom stereocenters. The number of carbonyl (C=O) groups is 2. The molecule has 0 aromatic heterocycles. The van der Waals surface area contributed by atoms with Gasteiger partial charge in [0.25, 0.3) is 0 Å². The summed E-state index contributed by atoms with van der Waals surface area (Å²) in [5, 5.41) is 0. The molecular formula is C16H22N2O4. The van der Waals surface area contributed by atoms with Gasteiger partial charge in [0.2, 0.25) is 11.8 Å². The summed E-state index contributed by atoms with van der Waals surface area (Å²) in [7, 11) is 3.17. The van der Waals surface area contributed by atoms with E-state index in [1.165, 1.54) is 0 Å². The standard InChI is InChI=1S/C16H22N2O4/c1-21-13-5-3-11(9-14(13)22-2)4-6-15(19)18-8-7-12(10-18)16(17)20/h3,5,9,12H,4,6-8,10H2,1-2H3,(H2,17,20). The van der Waals surface area contributed by atoms with E-state index in [0.29, 0.717) is 43.9 Å². The first-order chi connectivity index (χ1) is 10.5. The maximum absolute atomic E-state index is 12.2. The molecule has 0 aliphatic carbocycles. The number of hydrogen-bond donors (Lipinski definition) is 1. The molecule has 22 heavy (non-hydrogen) atoms. The van der Waals surface area contributed by atoms with E-state index in [4.69, 9.17) is 15.2 Å². The fourth-order valence-corrected chi connectivity index (χ4v) is 2.66. The van der Waals surface area contributed by atoms with Crippen LogP contribution in [-0.4, -0.2) is 44.0 Å². The summed E-state index contributed by atoms with van der Waals surface area (Å²) in [5.41, 5.74) is 6.29. The van der Waals surface area contributed by atoms with Crippen LogP contribution >= 0.6 is 0 Å². The van der Waals surface area contributed by atoms with Crippen LogP contribution in [0.3, 0.4) is 0 Å². The van der Waals surface area contributed by atoms with E-state index in [1.54, 1.807) is 19.1 Å². The van der Waals surface area contributed by atoms with Gasteiger partial charge in [-0.15, -0.1) is 0 Å². The van der Waals surface area contributed by atoms with E-state index in [1.807, 2.05) is 18.2 Å². The van der Waals surface area contributed by atoms with Gasteiger partial charge in [0.1, 0.15) is 0 Å². The Hall–Kier alpha value is -2.24. The zero-order valence-corrected chi connectivity index (χ0v) is 13.0. The van der Waals surface area contributed by atoms with Crippen molar-refractivity contribution in [3.63, 3.8) is 0 Å². The minimum Gasteiger partial charge on any atom is -0.493 e. The second-order valence-electron chi connectivity index (χ2n) is 5.42. The summed E-state index contributed by atoms with van der Waals surface area (Å²) >= 11 is 0. The number of primary amides is 1. The number of rotatable bonds is 6. The second kappa shape index (κ2) is 7.15. The minimum atomic E-state index is -0.324. The molecule has 6 nitrogen and oxygen atoms in total. The number of benzene rings is 1. The largest absolute Gasteiger partial charge is 0.493 e. The Balaban J connectivity index is 1.90. The van der Waals surface area contributed by atoms with E-state index in [9.17, 15) is 9.59 Å². The van der Waals surface area contributed by atoms with Gasteiger partial charge in [-0.3, -0.25) is 9.59 Å². The molecule has 1 aliphatic heterocycles. The first-order valence-corrected chi connectivity index (χ1v) is 7.33. The Morgan fingerprint density at radius 3 is 2.59 bits per heavy atom. The maximum Gasteiger partial charge on any atom is 0.222 e. The summed E-state index contributed by atoms with van der Waals surface area (Å²) in [6.07, 6.45) is 1.69. The highest BCUT2D eigenvalue weighted by Gasteiger charge is 2.29. The van der Waals surface area contributed by atoms with Crippen molar-refractivity contribution >= 4 is 11.8 Å². The summed E-state index contributed by atoms with van der Waals surface area (Å²) < 4.78 is 10.4. The SMILES string of the molecule is COc1ccc(CCC(=O)N2CCC(C(N)=O)C2)cc1OC. The van der Waals surface area contributed by atoms with Gasteiger partial charge in [-0.1, -0.05) is 6.07 Å². The van der Waals surface area contributed by atoms with Crippen molar-refractivity contribution in [1.29, 1.82) is 0 Å². The highest BCUT2D eigenvalue weighted by molar-refractivity contribution is 5.81. The number of carbonyl (C=O) groups excluding carboxylic acids is 2. The van der Waals surface area contributed by atoms with Crippen LogP contribution in [-0.2, 0) is 16.0 Å². The van der Waals surface area contributed by atoms with Crippen LogP contribution in [0.1, 0.15) is 18.4 Å². The van der Waals surface area contributed by atoms with Crippen molar-refractivity contribution in [2.75, 3.05) is 27.3 Å². The number of hydrogen-bond acceptors (Lipinski definition) is 4. The van der Waals surface area contributed by atoms with E-state index < -0.39 is 0 Å². The van der Waals surface area contributed by atoms with Gasteiger partial charge in [0, 0.05) is 19.5 Å². The maximum atomic E-state index is 12.2. The lowest BCUT2D eigenvalue weighted by Gasteiger charge is -2.16. The van der Waals surface area contributed by atoms with Crippen molar-refractivity contribution in [3.8, 4) is 11.5 Å². The lowest BCUT2D eigenvalue weighted by atomic mass is 10.1. The van der Waals surface area contributed by atoms with Gasteiger partial charge >= 0.3 is 0 Å². The van der Waals surface area contributed by atoms with E-state index in [2.05, 4.69) is 0 Å². The number of methoxy groups -OCH3 is 2. The topological polar surface area (TPSA) is 81.9 Å². The molecule has 6 heteroatoms. The van der Waals surface area contributed by atoms with Crippen LogP contribution in [0.25, 0.3) is 0 Å². The fourth-order valence-electron chi connectivity index (χ4n) is 2.66. The smallest absolute Gasteiger partial charge is 0.222 e. The third-order valence-electron chi connectivity index (χ3n) is 4.02. The van der Waals surface area contributed by atoms with Gasteiger partial charge in [-0.2, -0.15) is 0 Å². The average Bonchev–Trinajstić information content (AvgIpc) is 3.02. The van der Waals surface area contributed by atoms with Crippen LogP contribution in [0, 0.1) is 5.92 Å². The van der Waals surface area contributed by atoms with E-state index >= 15 is 0 Å². The molecule has 1 atom stereocenters.